The number of carbonyl (C=O) groups excluding carboxylic acids is 1. The first-order valence-corrected chi connectivity index (χ1v) is 6.02. The number of carbonyl (C=O) groups is 1. The third kappa shape index (κ3) is 3.67. The number of methoxy groups -OCH3 is 2. The molecule has 19 heavy (non-hydrogen) atoms. The molecule has 6 heteroatoms. The van der Waals surface area contributed by atoms with Crippen LogP contribution < -0.4 is 25.4 Å². The molecule has 1 aromatic rings. The number of nitrogens with two attached hydrogens (primary N) is 1. The van der Waals surface area contributed by atoms with Gasteiger partial charge in [0.2, 0.25) is 5.91 Å². The zero-order valence-electron chi connectivity index (χ0n) is 11.8. The highest BCUT2D eigenvalue weighted by molar-refractivity contribution is 5.83. The van der Waals surface area contributed by atoms with Crippen molar-refractivity contribution in [1.29, 1.82) is 0 Å². The molecule has 0 aliphatic heterocycles. The van der Waals surface area contributed by atoms with Crippen LogP contribution in [0, 0.1) is 0 Å². The normalized spacial score (nSPS) is 9.89. The van der Waals surface area contributed by atoms with Crippen LogP contribution >= 0.6 is 0 Å². The molecule has 1 amide bonds. The van der Waals surface area contributed by atoms with E-state index >= 15 is 0 Å². The average Bonchev–Trinajstić information content (AvgIpc) is 2.38. The van der Waals surface area contributed by atoms with Gasteiger partial charge in [-0.15, -0.1) is 0 Å². The van der Waals surface area contributed by atoms with Gasteiger partial charge in [-0.25, -0.2) is 0 Å². The lowest BCUT2D eigenvalue weighted by Gasteiger charge is -2.22. The van der Waals surface area contributed by atoms with E-state index in [0.717, 1.165) is 5.69 Å². The van der Waals surface area contributed by atoms with Gasteiger partial charge in [-0.3, -0.25) is 4.79 Å². The Morgan fingerprint density at radius 1 is 1.32 bits per heavy atom. The number of anilines is 2. The van der Waals surface area contributed by atoms with Crippen LogP contribution in [0.25, 0.3) is 0 Å². The molecule has 3 N–H and O–H groups in total. The van der Waals surface area contributed by atoms with Gasteiger partial charge in [-0.05, 0) is 6.92 Å². The van der Waals surface area contributed by atoms with Crippen molar-refractivity contribution < 1.29 is 14.3 Å². The minimum absolute atomic E-state index is 0.0563. The highest BCUT2D eigenvalue weighted by atomic mass is 16.5. The van der Waals surface area contributed by atoms with Gasteiger partial charge >= 0.3 is 0 Å². The second-order valence-corrected chi connectivity index (χ2v) is 4.08. The fourth-order valence-electron chi connectivity index (χ4n) is 1.77. The van der Waals surface area contributed by atoms with E-state index in [1.165, 1.54) is 0 Å². The first kappa shape index (κ1) is 14.9. The maximum Gasteiger partial charge on any atom is 0.239 e. The second-order valence-electron chi connectivity index (χ2n) is 4.08. The van der Waals surface area contributed by atoms with Crippen molar-refractivity contribution in [3.8, 4) is 11.5 Å². The predicted octanol–water partition coefficient (Wildman–Crippen LogP) is 0.858. The molecule has 0 heterocycles. The molecule has 0 radical (unpaired) electrons. The minimum Gasteiger partial charge on any atom is -0.493 e. The molecule has 0 saturated carbocycles. The van der Waals surface area contributed by atoms with Gasteiger partial charge in [0.05, 0.1) is 32.1 Å². The van der Waals surface area contributed by atoms with Gasteiger partial charge in [0.15, 0.2) is 11.5 Å². The molecule has 0 aliphatic carbocycles. The number of benzene rings is 1. The van der Waals surface area contributed by atoms with Gasteiger partial charge in [-0.1, -0.05) is 0 Å². The van der Waals surface area contributed by atoms with Gasteiger partial charge < -0.3 is 25.4 Å². The molecule has 6 nitrogen and oxygen atoms in total. The second kappa shape index (κ2) is 6.72. The summed E-state index contributed by atoms with van der Waals surface area (Å²) >= 11 is 0. The SMILES string of the molecule is CCNC(=O)CN(C)c1cc(OC)c(OC)cc1N. The van der Waals surface area contributed by atoms with Crippen LogP contribution in [-0.4, -0.2) is 40.3 Å². The quantitative estimate of drug-likeness (QED) is 0.748. The third-order valence-electron chi connectivity index (χ3n) is 2.70. The number of hydrogen-bond donors (Lipinski definition) is 2. The van der Waals surface area contributed by atoms with Crippen molar-refractivity contribution in [3.63, 3.8) is 0 Å². The van der Waals surface area contributed by atoms with Crippen molar-refractivity contribution in [2.75, 3.05) is 45.0 Å². The van der Waals surface area contributed by atoms with Crippen LogP contribution in [0.4, 0.5) is 11.4 Å². The van der Waals surface area contributed by atoms with Crippen LogP contribution in [0.15, 0.2) is 12.1 Å². The number of likely N-dealkylation sites (N-methyl/N-ethyl adjacent to an activating group) is 2. The maximum atomic E-state index is 11.6. The predicted molar refractivity (Wildman–Crippen MR) is 75.9 cm³/mol. The summed E-state index contributed by atoms with van der Waals surface area (Å²) in [6.07, 6.45) is 0. The topological polar surface area (TPSA) is 76.8 Å². The molecular weight excluding hydrogens is 246 g/mol. The van der Waals surface area contributed by atoms with Crippen molar-refractivity contribution in [3.05, 3.63) is 12.1 Å². The van der Waals surface area contributed by atoms with Gasteiger partial charge in [-0.2, -0.15) is 0 Å². The van der Waals surface area contributed by atoms with E-state index in [0.29, 0.717) is 23.7 Å². The number of nitrogens with zero attached hydrogens (tertiary/aromatic N) is 1. The molecule has 0 atom stereocenters. The summed E-state index contributed by atoms with van der Waals surface area (Å²) < 4.78 is 10.4. The Labute approximate surface area is 113 Å². The standard InChI is InChI=1S/C13H21N3O3/c1-5-15-13(17)8-16(2)10-7-12(19-4)11(18-3)6-9(10)14/h6-7H,5,8,14H2,1-4H3,(H,15,17). The first-order valence-electron chi connectivity index (χ1n) is 6.02. The van der Waals surface area contributed by atoms with E-state index in [-0.39, 0.29) is 12.5 Å². The summed E-state index contributed by atoms with van der Waals surface area (Å²) in [7, 11) is 4.91. The van der Waals surface area contributed by atoms with E-state index in [2.05, 4.69) is 5.32 Å². The van der Waals surface area contributed by atoms with Gasteiger partial charge in [0, 0.05) is 25.7 Å². The third-order valence-corrected chi connectivity index (χ3v) is 2.70. The Morgan fingerprint density at radius 2 is 1.89 bits per heavy atom. The summed E-state index contributed by atoms with van der Waals surface area (Å²) in [6.45, 7) is 2.71. The number of ether oxygens (including phenoxy) is 2. The first-order chi connectivity index (χ1) is 9.03. The molecular formula is C13H21N3O3. The summed E-state index contributed by atoms with van der Waals surface area (Å²) in [4.78, 5) is 13.3. The van der Waals surface area contributed by atoms with Gasteiger partial charge in [0.1, 0.15) is 0 Å². The van der Waals surface area contributed by atoms with Crippen molar-refractivity contribution in [2.45, 2.75) is 6.92 Å². The number of nitrogens with one attached hydrogen (secondary N) is 1. The lowest BCUT2D eigenvalue weighted by Crippen LogP contribution is -2.35. The molecule has 0 unspecified atom stereocenters. The largest absolute Gasteiger partial charge is 0.493 e. The molecule has 1 aromatic carbocycles. The Bertz CT molecular complexity index is 449. The van der Waals surface area contributed by atoms with Crippen molar-refractivity contribution >= 4 is 17.3 Å². The Balaban J connectivity index is 2.96. The monoisotopic (exact) mass is 267 g/mol. The van der Waals surface area contributed by atoms with Gasteiger partial charge in [0.25, 0.3) is 0 Å². The summed E-state index contributed by atoms with van der Waals surface area (Å²) in [6, 6.07) is 3.44. The zero-order chi connectivity index (χ0) is 14.4. The molecule has 0 spiro atoms. The van der Waals surface area contributed by atoms with E-state index in [1.54, 1.807) is 38.3 Å². The lowest BCUT2D eigenvalue weighted by molar-refractivity contribution is -0.119. The highest BCUT2D eigenvalue weighted by Crippen LogP contribution is 2.36. The fourth-order valence-corrected chi connectivity index (χ4v) is 1.77. The summed E-state index contributed by atoms with van der Waals surface area (Å²) in [5, 5.41) is 2.74. The average molecular weight is 267 g/mol. The van der Waals surface area contributed by atoms with Crippen LogP contribution in [0.2, 0.25) is 0 Å². The number of hydrogen-bond acceptors (Lipinski definition) is 5. The van der Waals surface area contributed by atoms with E-state index in [4.69, 9.17) is 15.2 Å². The minimum atomic E-state index is -0.0563. The molecule has 0 aromatic heterocycles. The Kier molecular flexibility index (Phi) is 5.29. The van der Waals surface area contributed by atoms with Crippen LogP contribution in [0.1, 0.15) is 6.92 Å². The maximum absolute atomic E-state index is 11.6. The summed E-state index contributed by atoms with van der Waals surface area (Å²) in [5.74, 6) is 1.09. The van der Waals surface area contributed by atoms with Crippen LogP contribution in [0.3, 0.4) is 0 Å². The molecule has 0 saturated heterocycles. The Morgan fingerprint density at radius 3 is 2.42 bits per heavy atom. The molecule has 106 valence electrons. The number of rotatable bonds is 6. The summed E-state index contributed by atoms with van der Waals surface area (Å²) in [5.41, 5.74) is 7.22. The van der Waals surface area contributed by atoms with E-state index in [1.807, 2.05) is 6.92 Å². The van der Waals surface area contributed by atoms with E-state index in [9.17, 15) is 4.79 Å². The smallest absolute Gasteiger partial charge is 0.239 e. The van der Waals surface area contributed by atoms with Crippen LogP contribution in [-0.2, 0) is 4.79 Å². The molecule has 0 bridgehead atoms. The lowest BCUT2D eigenvalue weighted by atomic mass is 10.2. The molecule has 0 fully saturated rings. The van der Waals surface area contributed by atoms with Crippen molar-refractivity contribution in [1.82, 2.24) is 5.32 Å². The van der Waals surface area contributed by atoms with Crippen LogP contribution in [0.5, 0.6) is 11.5 Å². The van der Waals surface area contributed by atoms with Crippen molar-refractivity contribution in [2.24, 2.45) is 0 Å². The fraction of sp³-hybridized carbons (Fsp3) is 0.462. The van der Waals surface area contributed by atoms with E-state index < -0.39 is 0 Å². The number of amides is 1. The number of nitrogen functional groups attached to an aromatic ring is 1. The molecule has 0 aliphatic rings. The Hall–Kier alpha value is -2.11. The zero-order valence-corrected chi connectivity index (χ0v) is 11.8. The molecule has 1 rings (SSSR count). The highest BCUT2D eigenvalue weighted by Gasteiger charge is 2.14.